The van der Waals surface area contributed by atoms with Crippen molar-refractivity contribution < 1.29 is 37.2 Å². The fourth-order valence-electron chi connectivity index (χ4n) is 12.7. The number of benzene rings is 2. The van der Waals surface area contributed by atoms with Crippen LogP contribution >= 0.6 is 0 Å². The highest BCUT2D eigenvalue weighted by Crippen LogP contribution is 2.47. The van der Waals surface area contributed by atoms with Crippen molar-refractivity contribution in [2.75, 3.05) is 13.2 Å². The third-order valence-corrected chi connectivity index (χ3v) is 16.3. The van der Waals surface area contributed by atoms with Gasteiger partial charge in [-0.15, -0.1) is 0 Å². The molecule has 336 valence electrons. The molecule has 2 aromatic carbocycles. The molecular formula is C52H74F6O2. The standard InChI is InChI=1S/C26H37F3O.C26H35F3O.H2/c2*1-2-3-17-4-13-25(30-16-17)21-11-9-19(10-12-21)18-5-7-20(8-6-18)22-14-23(27)26(29)24(28)15-22;/h14-15,17-21,25H,2-13,16H2,1H3;7,14-15,17-19,21,25H,2-6,8-13,16H2,1H3;1H. The van der Waals surface area contributed by atoms with Crippen molar-refractivity contribution in [2.24, 2.45) is 47.3 Å². The molecule has 60 heavy (non-hydrogen) atoms. The summed E-state index contributed by atoms with van der Waals surface area (Å²) in [5, 5.41) is 0. The highest BCUT2D eigenvalue weighted by molar-refractivity contribution is 5.66. The monoisotopic (exact) mass is 845 g/mol. The topological polar surface area (TPSA) is 18.5 Å². The molecule has 4 aliphatic carbocycles. The zero-order valence-electron chi connectivity index (χ0n) is 36.5. The Balaban J connectivity index is 0.000000201. The highest BCUT2D eigenvalue weighted by atomic mass is 19.2. The van der Waals surface area contributed by atoms with E-state index in [1.807, 2.05) is 0 Å². The molecule has 0 radical (unpaired) electrons. The minimum atomic E-state index is -1.38. The number of ether oxygens (including phenoxy) is 2. The number of rotatable bonds is 10. The molecule has 5 atom stereocenters. The Hall–Kier alpha value is -2.32. The Bertz CT molecular complexity index is 1630. The Morgan fingerprint density at radius 3 is 1.30 bits per heavy atom. The molecule has 2 saturated heterocycles. The summed E-state index contributed by atoms with van der Waals surface area (Å²) in [6, 6.07) is 4.66. The molecule has 5 fully saturated rings. The maximum absolute atomic E-state index is 13.6. The molecule has 0 bridgehead atoms. The lowest BCUT2D eigenvalue weighted by molar-refractivity contribution is -0.0617. The average Bonchev–Trinajstić information content (AvgIpc) is 3.28. The zero-order chi connectivity index (χ0) is 42.2. The van der Waals surface area contributed by atoms with E-state index in [0.29, 0.717) is 29.3 Å². The van der Waals surface area contributed by atoms with Gasteiger partial charge < -0.3 is 9.47 Å². The van der Waals surface area contributed by atoms with Gasteiger partial charge in [-0.25, -0.2) is 26.3 Å². The van der Waals surface area contributed by atoms with Crippen LogP contribution < -0.4 is 0 Å². The molecular weight excluding hydrogens is 771 g/mol. The van der Waals surface area contributed by atoms with Gasteiger partial charge in [0.25, 0.3) is 0 Å². The van der Waals surface area contributed by atoms with E-state index >= 15 is 0 Å². The molecule has 0 spiro atoms. The first-order chi connectivity index (χ1) is 29.1. The largest absolute Gasteiger partial charge is 0.378 e. The summed E-state index contributed by atoms with van der Waals surface area (Å²) in [7, 11) is 0. The van der Waals surface area contributed by atoms with Crippen LogP contribution in [-0.4, -0.2) is 25.4 Å². The SMILES string of the molecule is CCCC1CCC(C2CCC(C3CC=C(c4cc(F)c(F)c(F)c4)CC3)CC2)OC1.CCCC1CCC(C2CCC(C3CCC(c4cc(F)c(F)c(F)c4)CC3)CC2)OC1.[HH]. The highest BCUT2D eigenvalue weighted by Gasteiger charge is 2.37. The molecule has 2 aromatic rings. The van der Waals surface area contributed by atoms with E-state index in [2.05, 4.69) is 19.9 Å². The van der Waals surface area contributed by atoms with Gasteiger partial charge in [0.2, 0.25) is 0 Å². The van der Waals surface area contributed by atoms with E-state index in [9.17, 15) is 26.3 Å². The number of hydrogen-bond acceptors (Lipinski definition) is 2. The number of hydrogen-bond donors (Lipinski definition) is 0. The Morgan fingerprint density at radius 1 is 0.483 bits per heavy atom. The lowest BCUT2D eigenvalue weighted by Gasteiger charge is -2.41. The Kier molecular flexibility index (Phi) is 16.6. The van der Waals surface area contributed by atoms with Gasteiger partial charge in [0.05, 0.1) is 12.2 Å². The van der Waals surface area contributed by atoms with Crippen LogP contribution in [0.4, 0.5) is 26.3 Å². The second-order valence-corrected chi connectivity index (χ2v) is 20.0. The number of allylic oxidation sites excluding steroid dienone is 2. The van der Waals surface area contributed by atoms with Crippen LogP contribution in [0.3, 0.4) is 0 Å². The van der Waals surface area contributed by atoms with Gasteiger partial charge in [0.1, 0.15) is 0 Å². The van der Waals surface area contributed by atoms with Gasteiger partial charge in [-0.05, 0) is 229 Å². The summed E-state index contributed by atoms with van der Waals surface area (Å²) in [5.41, 5.74) is 2.07. The first kappa shape index (κ1) is 45.7. The van der Waals surface area contributed by atoms with Gasteiger partial charge >= 0.3 is 0 Å². The summed E-state index contributed by atoms with van der Waals surface area (Å²) >= 11 is 0. The predicted octanol–water partition coefficient (Wildman–Crippen LogP) is 15.7. The van der Waals surface area contributed by atoms with E-state index in [0.717, 1.165) is 117 Å². The Morgan fingerprint density at radius 2 is 0.900 bits per heavy atom. The molecule has 0 N–H and O–H groups in total. The average molecular weight is 845 g/mol. The van der Waals surface area contributed by atoms with Gasteiger partial charge in [-0.3, -0.25) is 0 Å². The molecule has 8 rings (SSSR count). The van der Waals surface area contributed by atoms with Gasteiger partial charge in [0, 0.05) is 14.6 Å². The summed E-state index contributed by atoms with van der Waals surface area (Å²) in [6.45, 7) is 6.44. The lowest BCUT2D eigenvalue weighted by Crippen LogP contribution is -2.35. The Labute approximate surface area is 358 Å². The van der Waals surface area contributed by atoms with Gasteiger partial charge in [-0.1, -0.05) is 32.8 Å². The van der Waals surface area contributed by atoms with Crippen molar-refractivity contribution in [2.45, 2.75) is 180 Å². The maximum Gasteiger partial charge on any atom is 0.194 e. The third-order valence-electron chi connectivity index (χ3n) is 16.3. The van der Waals surface area contributed by atoms with E-state index in [-0.39, 0.29) is 7.34 Å². The first-order valence-corrected chi connectivity index (χ1v) is 24.3. The first-order valence-electron chi connectivity index (χ1n) is 24.3. The van der Waals surface area contributed by atoms with Crippen LogP contribution in [0.2, 0.25) is 0 Å². The van der Waals surface area contributed by atoms with Crippen molar-refractivity contribution in [3.63, 3.8) is 0 Å². The normalized spacial score (nSPS) is 34.0. The zero-order valence-corrected chi connectivity index (χ0v) is 36.5. The van der Waals surface area contributed by atoms with Crippen molar-refractivity contribution in [1.29, 1.82) is 0 Å². The van der Waals surface area contributed by atoms with E-state index in [1.54, 1.807) is 0 Å². The second-order valence-electron chi connectivity index (χ2n) is 20.0. The van der Waals surface area contributed by atoms with E-state index < -0.39 is 34.9 Å². The molecule has 6 aliphatic rings. The molecule has 2 nitrogen and oxygen atoms in total. The van der Waals surface area contributed by atoms with Crippen molar-refractivity contribution >= 4 is 5.57 Å². The van der Waals surface area contributed by atoms with Crippen molar-refractivity contribution in [3.05, 3.63) is 76.4 Å². The van der Waals surface area contributed by atoms with E-state index in [4.69, 9.17) is 9.47 Å². The summed E-state index contributed by atoms with van der Waals surface area (Å²) in [5.74, 6) is -0.943. The fraction of sp³-hybridized carbons (Fsp3) is 0.731. The molecule has 0 amide bonds. The van der Waals surface area contributed by atoms with Crippen LogP contribution in [-0.2, 0) is 9.47 Å². The lowest BCUT2D eigenvalue weighted by atomic mass is 9.67. The molecule has 2 aliphatic heterocycles. The number of halogens is 6. The third kappa shape index (κ3) is 11.6. The van der Waals surface area contributed by atoms with Crippen molar-refractivity contribution in [1.82, 2.24) is 0 Å². The van der Waals surface area contributed by atoms with Crippen LogP contribution in [0.1, 0.15) is 180 Å². The molecule has 0 aromatic heterocycles. The summed E-state index contributed by atoms with van der Waals surface area (Å²) in [4.78, 5) is 0. The van der Waals surface area contributed by atoms with Crippen LogP contribution in [0.5, 0.6) is 0 Å². The molecule has 8 heteroatoms. The maximum atomic E-state index is 13.6. The van der Waals surface area contributed by atoms with Crippen LogP contribution in [0.25, 0.3) is 5.57 Å². The smallest absolute Gasteiger partial charge is 0.194 e. The van der Waals surface area contributed by atoms with Gasteiger partial charge in [-0.2, -0.15) is 0 Å². The van der Waals surface area contributed by atoms with Crippen molar-refractivity contribution in [3.8, 4) is 0 Å². The summed E-state index contributed by atoms with van der Waals surface area (Å²) in [6.07, 6.45) is 30.7. The molecule has 5 unspecified atom stereocenters. The van der Waals surface area contributed by atoms with Crippen LogP contribution in [0, 0.1) is 82.2 Å². The summed E-state index contributed by atoms with van der Waals surface area (Å²) < 4.78 is 93.3. The minimum Gasteiger partial charge on any atom is -0.378 e. The fourth-order valence-corrected chi connectivity index (χ4v) is 12.7. The quantitative estimate of drug-likeness (QED) is 0.175. The second kappa shape index (κ2) is 21.8. The molecule has 3 saturated carbocycles. The van der Waals surface area contributed by atoms with Gasteiger partial charge in [0.15, 0.2) is 34.9 Å². The molecule has 2 heterocycles. The minimum absolute atomic E-state index is 0. The van der Waals surface area contributed by atoms with Crippen LogP contribution in [0.15, 0.2) is 30.3 Å². The predicted molar refractivity (Wildman–Crippen MR) is 230 cm³/mol. The van der Waals surface area contributed by atoms with E-state index in [1.165, 1.54) is 115 Å².